The Morgan fingerprint density at radius 1 is 1.18 bits per heavy atom. The van der Waals surface area contributed by atoms with Crippen LogP contribution < -0.4 is 9.47 Å². The lowest BCUT2D eigenvalue weighted by Gasteiger charge is -2.47. The Hall–Kier alpha value is -2.21. The van der Waals surface area contributed by atoms with Gasteiger partial charge in [0.25, 0.3) is 0 Å². The monoisotopic (exact) mass is 489 g/mol. The van der Waals surface area contributed by atoms with Crippen LogP contribution in [0.3, 0.4) is 0 Å². The lowest BCUT2D eigenvalue weighted by atomic mass is 9.71. The van der Waals surface area contributed by atoms with Crippen molar-refractivity contribution in [3.8, 4) is 11.5 Å². The molecule has 0 spiro atoms. The molecule has 176 valence electrons. The second-order valence-corrected chi connectivity index (χ2v) is 9.63. The van der Waals surface area contributed by atoms with Gasteiger partial charge in [0.1, 0.15) is 6.61 Å². The third-order valence-electron chi connectivity index (χ3n) is 6.78. The molecule has 2 aromatic rings. The van der Waals surface area contributed by atoms with Crippen LogP contribution in [-0.4, -0.2) is 41.7 Å². The maximum absolute atomic E-state index is 12.8. The topological polar surface area (TPSA) is 59.0 Å². The number of nitrogens with zero attached hydrogens (tertiary/aromatic N) is 1. The van der Waals surface area contributed by atoms with Gasteiger partial charge in [-0.2, -0.15) is 0 Å². The lowest BCUT2D eigenvalue weighted by Crippen LogP contribution is -2.54. The first-order chi connectivity index (χ1) is 15.9. The summed E-state index contributed by atoms with van der Waals surface area (Å²) in [4.78, 5) is 14.6. The zero-order valence-corrected chi connectivity index (χ0v) is 20.2. The molecule has 1 aliphatic heterocycles. The summed E-state index contributed by atoms with van der Waals surface area (Å²) >= 11 is 12.4. The zero-order valence-electron chi connectivity index (χ0n) is 18.7. The summed E-state index contributed by atoms with van der Waals surface area (Å²) in [6.45, 7) is 1.43. The van der Waals surface area contributed by atoms with Crippen LogP contribution in [0.4, 0.5) is 0 Å². The highest BCUT2D eigenvalue weighted by atomic mass is 35.5. The number of carbonyl (C=O) groups excluding carboxylic acids is 1. The molecule has 0 bridgehead atoms. The standard InChI is InChI=1S/C26H29Cl2NO4/c1-32-24-15-18(8-10-23(24)33-17-20-21(27)6-4-7-22(20)28)9-11-25(30)29-14-13-26(31)12-3-2-5-19(26)16-29/h4,6-11,15,19,31H,2-3,5,12-14,16-17H2,1H3/b11-9+. The molecular formula is C26H29Cl2NO4. The SMILES string of the molecule is COc1cc(/C=C/C(=O)N2CCC3(O)CCCCC3C2)ccc1OCc1c(Cl)cccc1Cl. The summed E-state index contributed by atoms with van der Waals surface area (Å²) in [5.41, 5.74) is 0.953. The van der Waals surface area contributed by atoms with E-state index in [9.17, 15) is 9.90 Å². The van der Waals surface area contributed by atoms with Gasteiger partial charge in [-0.05, 0) is 55.2 Å². The Kier molecular flexibility index (Phi) is 7.52. The van der Waals surface area contributed by atoms with E-state index >= 15 is 0 Å². The number of rotatable bonds is 6. The Balaban J connectivity index is 1.39. The Morgan fingerprint density at radius 2 is 1.97 bits per heavy atom. The van der Waals surface area contributed by atoms with Crippen molar-refractivity contribution >= 4 is 35.2 Å². The van der Waals surface area contributed by atoms with Crippen LogP contribution in [0.2, 0.25) is 10.0 Å². The van der Waals surface area contributed by atoms with Crippen LogP contribution in [0.15, 0.2) is 42.5 Å². The van der Waals surface area contributed by atoms with Gasteiger partial charge in [0, 0.05) is 40.7 Å². The molecular weight excluding hydrogens is 461 g/mol. The van der Waals surface area contributed by atoms with Crippen LogP contribution >= 0.6 is 23.2 Å². The number of hydrogen-bond donors (Lipinski definition) is 1. The number of amides is 1. The minimum absolute atomic E-state index is 0.0321. The third-order valence-corrected chi connectivity index (χ3v) is 7.49. The van der Waals surface area contributed by atoms with Gasteiger partial charge in [0.15, 0.2) is 11.5 Å². The summed E-state index contributed by atoms with van der Waals surface area (Å²) in [7, 11) is 1.57. The summed E-state index contributed by atoms with van der Waals surface area (Å²) < 4.78 is 11.4. The molecule has 0 aromatic heterocycles. The van der Waals surface area contributed by atoms with Gasteiger partial charge in [-0.1, -0.05) is 48.2 Å². The number of piperidine rings is 1. The molecule has 5 nitrogen and oxygen atoms in total. The van der Waals surface area contributed by atoms with Crippen LogP contribution in [0.25, 0.3) is 6.08 Å². The molecule has 1 saturated carbocycles. The Bertz CT molecular complexity index is 1020. The number of carbonyl (C=O) groups is 1. The van der Waals surface area contributed by atoms with Gasteiger partial charge < -0.3 is 19.5 Å². The molecule has 0 radical (unpaired) electrons. The third kappa shape index (κ3) is 5.48. The summed E-state index contributed by atoms with van der Waals surface area (Å²) in [6.07, 6.45) is 8.07. The molecule has 1 heterocycles. The van der Waals surface area contributed by atoms with E-state index in [2.05, 4.69) is 0 Å². The van der Waals surface area contributed by atoms with Gasteiger partial charge in [-0.3, -0.25) is 4.79 Å². The minimum atomic E-state index is -0.587. The minimum Gasteiger partial charge on any atom is -0.493 e. The maximum Gasteiger partial charge on any atom is 0.246 e. The normalized spacial score (nSPS) is 22.8. The van der Waals surface area contributed by atoms with Crippen molar-refractivity contribution in [3.63, 3.8) is 0 Å². The lowest BCUT2D eigenvalue weighted by molar-refractivity contribution is -0.138. The molecule has 1 N–H and O–H groups in total. The second kappa shape index (κ2) is 10.4. The molecule has 33 heavy (non-hydrogen) atoms. The summed E-state index contributed by atoms with van der Waals surface area (Å²) in [5.74, 6) is 1.26. The molecule has 1 saturated heterocycles. The highest BCUT2D eigenvalue weighted by Crippen LogP contribution is 2.40. The van der Waals surface area contributed by atoms with E-state index in [1.54, 1.807) is 43.5 Å². The van der Waals surface area contributed by atoms with E-state index in [0.717, 1.165) is 31.2 Å². The van der Waals surface area contributed by atoms with Crippen LogP contribution in [-0.2, 0) is 11.4 Å². The van der Waals surface area contributed by atoms with Crippen LogP contribution in [0.1, 0.15) is 43.2 Å². The second-order valence-electron chi connectivity index (χ2n) is 8.81. The van der Waals surface area contributed by atoms with Crippen molar-refractivity contribution in [2.75, 3.05) is 20.2 Å². The molecule has 1 aliphatic carbocycles. The molecule has 4 rings (SSSR count). The van der Waals surface area contributed by atoms with Crippen molar-refractivity contribution in [2.24, 2.45) is 5.92 Å². The molecule has 2 atom stereocenters. The van der Waals surface area contributed by atoms with Gasteiger partial charge in [0.2, 0.25) is 5.91 Å². The van der Waals surface area contributed by atoms with Gasteiger partial charge in [-0.25, -0.2) is 0 Å². The fourth-order valence-electron chi connectivity index (χ4n) is 4.77. The summed E-state index contributed by atoms with van der Waals surface area (Å²) in [6, 6.07) is 10.8. The average Bonchev–Trinajstić information content (AvgIpc) is 2.82. The molecule has 1 amide bonds. The van der Waals surface area contributed by atoms with E-state index in [-0.39, 0.29) is 18.4 Å². The molecule has 2 unspecified atom stereocenters. The predicted molar refractivity (Wildman–Crippen MR) is 131 cm³/mol. The number of likely N-dealkylation sites (tertiary alicyclic amines) is 1. The first-order valence-electron chi connectivity index (χ1n) is 11.3. The quantitative estimate of drug-likeness (QED) is 0.524. The highest BCUT2D eigenvalue weighted by Gasteiger charge is 2.43. The first-order valence-corrected chi connectivity index (χ1v) is 12.1. The van der Waals surface area contributed by atoms with Crippen molar-refractivity contribution < 1.29 is 19.4 Å². The van der Waals surface area contributed by atoms with E-state index in [4.69, 9.17) is 32.7 Å². The number of halogens is 2. The van der Waals surface area contributed by atoms with Crippen molar-refractivity contribution in [3.05, 3.63) is 63.6 Å². The Labute approximate surface area is 204 Å². The van der Waals surface area contributed by atoms with Crippen molar-refractivity contribution in [1.29, 1.82) is 0 Å². The van der Waals surface area contributed by atoms with E-state index < -0.39 is 5.60 Å². The molecule has 2 fully saturated rings. The largest absolute Gasteiger partial charge is 0.493 e. The fourth-order valence-corrected chi connectivity index (χ4v) is 5.28. The van der Waals surface area contributed by atoms with Gasteiger partial charge in [0.05, 0.1) is 12.7 Å². The zero-order chi connectivity index (χ0) is 23.4. The number of methoxy groups -OCH3 is 1. The van der Waals surface area contributed by atoms with E-state index in [1.807, 2.05) is 17.0 Å². The number of ether oxygens (including phenoxy) is 2. The number of fused-ring (bicyclic) bond motifs is 1. The smallest absolute Gasteiger partial charge is 0.246 e. The average molecular weight is 490 g/mol. The van der Waals surface area contributed by atoms with Crippen LogP contribution in [0.5, 0.6) is 11.5 Å². The molecule has 2 aromatic carbocycles. The highest BCUT2D eigenvalue weighted by molar-refractivity contribution is 6.35. The number of aliphatic hydroxyl groups is 1. The molecule has 2 aliphatic rings. The first kappa shape index (κ1) is 23.9. The fraction of sp³-hybridized carbons (Fsp3) is 0.423. The van der Waals surface area contributed by atoms with Crippen molar-refractivity contribution in [1.82, 2.24) is 4.90 Å². The van der Waals surface area contributed by atoms with Crippen molar-refractivity contribution in [2.45, 2.75) is 44.3 Å². The molecule has 7 heteroatoms. The van der Waals surface area contributed by atoms with E-state index in [1.165, 1.54) is 0 Å². The summed E-state index contributed by atoms with van der Waals surface area (Å²) in [5, 5.41) is 11.9. The maximum atomic E-state index is 12.8. The van der Waals surface area contributed by atoms with Crippen LogP contribution in [0, 0.1) is 5.92 Å². The van der Waals surface area contributed by atoms with Gasteiger partial charge >= 0.3 is 0 Å². The predicted octanol–water partition coefficient (Wildman–Crippen LogP) is 5.75. The number of hydrogen-bond acceptors (Lipinski definition) is 4. The van der Waals surface area contributed by atoms with Gasteiger partial charge in [-0.15, -0.1) is 0 Å². The van der Waals surface area contributed by atoms with E-state index in [0.29, 0.717) is 46.6 Å². The number of benzene rings is 2. The Morgan fingerprint density at radius 3 is 2.73 bits per heavy atom.